The second kappa shape index (κ2) is 11.9. The molecule has 1 heterocycles. The van der Waals surface area contributed by atoms with Gasteiger partial charge in [0.25, 0.3) is 0 Å². The zero-order valence-corrected chi connectivity index (χ0v) is 21.9. The molecular weight excluding hydrogens is 488 g/mol. The minimum absolute atomic E-state index is 0.000196. The molecule has 6 nitrogen and oxygen atoms in total. The zero-order valence-electron chi connectivity index (χ0n) is 21.9. The van der Waals surface area contributed by atoms with Gasteiger partial charge in [0.05, 0.1) is 18.7 Å². The summed E-state index contributed by atoms with van der Waals surface area (Å²) in [7, 11) is 1.69. The summed E-state index contributed by atoms with van der Waals surface area (Å²) in [5.74, 6) is 0.834. The number of aliphatic hydroxyl groups is 1. The number of rotatable bonds is 10. The Bertz CT molecular complexity index is 1610. The first-order valence-electron chi connectivity index (χ1n) is 13.1. The van der Waals surface area contributed by atoms with E-state index in [1.807, 2.05) is 30.3 Å². The number of benzene rings is 4. The summed E-state index contributed by atoms with van der Waals surface area (Å²) in [6.45, 7) is 0. The molecule has 1 atom stereocenters. The first-order chi connectivity index (χ1) is 19.0. The van der Waals surface area contributed by atoms with Crippen molar-refractivity contribution in [3.63, 3.8) is 0 Å². The van der Waals surface area contributed by atoms with Crippen molar-refractivity contribution in [3.05, 3.63) is 119 Å². The number of aryl methyl sites for hydroxylation is 1. The van der Waals surface area contributed by atoms with Crippen molar-refractivity contribution in [2.24, 2.45) is 0 Å². The standard InChI is InChI=1S/C33H32N2O4/c1-39-31-19-15-25(21-28(31)23-8-3-2-4-9-23)34-24-13-11-22(12-14-24)7-5-6-10-29(36)26-16-18-30(37)33-27(26)17-20-32(38)35-33/h2-4,8-9,11-21,29,34,36-37H,5-7,10H2,1H3,(H,35,38)/t29-/m0/s1. The number of aromatic amines is 1. The summed E-state index contributed by atoms with van der Waals surface area (Å²) in [5, 5.41) is 25.0. The molecule has 4 N–H and O–H groups in total. The number of pyridine rings is 1. The molecule has 4 aromatic carbocycles. The summed E-state index contributed by atoms with van der Waals surface area (Å²) < 4.78 is 5.57. The van der Waals surface area contributed by atoms with Crippen LogP contribution < -0.4 is 15.6 Å². The third kappa shape index (κ3) is 6.13. The predicted octanol–water partition coefficient (Wildman–Crippen LogP) is 7.10. The van der Waals surface area contributed by atoms with Gasteiger partial charge in [-0.3, -0.25) is 4.79 Å². The van der Waals surface area contributed by atoms with Gasteiger partial charge in [0.1, 0.15) is 11.5 Å². The average Bonchev–Trinajstić information content (AvgIpc) is 2.97. The lowest BCUT2D eigenvalue weighted by molar-refractivity contribution is 0.165. The summed E-state index contributed by atoms with van der Waals surface area (Å²) >= 11 is 0. The van der Waals surface area contributed by atoms with Crippen LogP contribution in [0.1, 0.15) is 36.5 Å². The van der Waals surface area contributed by atoms with E-state index < -0.39 is 6.10 Å². The number of anilines is 2. The maximum atomic E-state index is 11.6. The van der Waals surface area contributed by atoms with Crippen molar-refractivity contribution in [2.75, 3.05) is 12.4 Å². The van der Waals surface area contributed by atoms with Crippen molar-refractivity contribution in [1.29, 1.82) is 0 Å². The number of phenolic OH excluding ortho intramolecular Hbond substituents is 1. The summed E-state index contributed by atoms with van der Waals surface area (Å²) in [5.41, 5.74) is 6.16. The van der Waals surface area contributed by atoms with Crippen molar-refractivity contribution < 1.29 is 14.9 Å². The molecule has 5 aromatic rings. The molecule has 0 aliphatic rings. The normalized spacial score (nSPS) is 11.8. The van der Waals surface area contributed by atoms with E-state index in [9.17, 15) is 15.0 Å². The van der Waals surface area contributed by atoms with E-state index in [1.165, 1.54) is 17.7 Å². The van der Waals surface area contributed by atoms with Gasteiger partial charge in [-0.2, -0.15) is 0 Å². The highest BCUT2D eigenvalue weighted by molar-refractivity contribution is 5.87. The highest BCUT2D eigenvalue weighted by Gasteiger charge is 2.14. The maximum absolute atomic E-state index is 11.6. The lowest BCUT2D eigenvalue weighted by Crippen LogP contribution is -2.05. The molecule has 0 aliphatic carbocycles. The number of fused-ring (bicyclic) bond motifs is 1. The molecule has 5 rings (SSSR count). The highest BCUT2D eigenvalue weighted by atomic mass is 16.5. The van der Waals surface area contributed by atoms with Crippen molar-refractivity contribution in [1.82, 2.24) is 4.98 Å². The number of aliphatic hydroxyl groups excluding tert-OH is 1. The van der Waals surface area contributed by atoms with Crippen molar-refractivity contribution in [2.45, 2.75) is 31.8 Å². The quantitative estimate of drug-likeness (QED) is 0.147. The fourth-order valence-electron chi connectivity index (χ4n) is 4.92. The summed E-state index contributed by atoms with van der Waals surface area (Å²) in [6, 6.07) is 31.0. The Labute approximate surface area is 227 Å². The van der Waals surface area contributed by atoms with Gasteiger partial charge in [-0.1, -0.05) is 55.0 Å². The number of H-pyrrole nitrogens is 1. The van der Waals surface area contributed by atoms with E-state index in [2.05, 4.69) is 52.8 Å². The number of aromatic nitrogens is 1. The molecule has 0 amide bonds. The van der Waals surface area contributed by atoms with Gasteiger partial charge >= 0.3 is 0 Å². The Kier molecular flexibility index (Phi) is 7.94. The number of methoxy groups -OCH3 is 1. The van der Waals surface area contributed by atoms with Crippen LogP contribution in [0.3, 0.4) is 0 Å². The maximum Gasteiger partial charge on any atom is 0.248 e. The van der Waals surface area contributed by atoms with E-state index in [1.54, 1.807) is 19.2 Å². The zero-order chi connectivity index (χ0) is 27.2. The Morgan fingerprint density at radius 2 is 1.64 bits per heavy atom. The Morgan fingerprint density at radius 3 is 2.41 bits per heavy atom. The van der Waals surface area contributed by atoms with Crippen LogP contribution in [0, 0.1) is 0 Å². The smallest absolute Gasteiger partial charge is 0.248 e. The topological polar surface area (TPSA) is 94.6 Å². The number of unbranched alkanes of at least 4 members (excludes halogenated alkanes) is 1. The van der Waals surface area contributed by atoms with Crippen LogP contribution in [0.15, 0.2) is 102 Å². The van der Waals surface area contributed by atoms with Crippen LogP contribution in [0.2, 0.25) is 0 Å². The molecule has 0 fully saturated rings. The largest absolute Gasteiger partial charge is 0.506 e. The Balaban J connectivity index is 1.16. The van der Waals surface area contributed by atoms with E-state index in [4.69, 9.17) is 4.74 Å². The van der Waals surface area contributed by atoms with Crippen LogP contribution in [-0.4, -0.2) is 22.3 Å². The lowest BCUT2D eigenvalue weighted by Gasteiger charge is -2.14. The number of nitrogens with one attached hydrogen (secondary N) is 2. The van der Waals surface area contributed by atoms with Crippen LogP contribution in [0.5, 0.6) is 11.5 Å². The predicted molar refractivity (Wildman–Crippen MR) is 157 cm³/mol. The van der Waals surface area contributed by atoms with E-state index in [0.717, 1.165) is 47.5 Å². The molecule has 0 saturated heterocycles. The number of hydrogen-bond acceptors (Lipinski definition) is 5. The minimum Gasteiger partial charge on any atom is -0.506 e. The highest BCUT2D eigenvalue weighted by Crippen LogP contribution is 2.34. The first kappa shape index (κ1) is 26.1. The van der Waals surface area contributed by atoms with Crippen LogP contribution in [0.4, 0.5) is 11.4 Å². The van der Waals surface area contributed by atoms with Crippen LogP contribution >= 0.6 is 0 Å². The SMILES string of the molecule is COc1ccc(Nc2ccc(CCCC[C@H](O)c3ccc(O)c4[nH]c(=O)ccc34)cc2)cc1-c1ccccc1. The molecule has 1 aromatic heterocycles. The molecule has 0 saturated carbocycles. The van der Waals surface area contributed by atoms with Gasteiger partial charge < -0.3 is 25.3 Å². The van der Waals surface area contributed by atoms with E-state index >= 15 is 0 Å². The molecule has 198 valence electrons. The van der Waals surface area contributed by atoms with Gasteiger partial charge in [-0.25, -0.2) is 0 Å². The molecule has 39 heavy (non-hydrogen) atoms. The molecule has 0 spiro atoms. The number of phenols is 1. The fourth-order valence-corrected chi connectivity index (χ4v) is 4.92. The Hall–Kier alpha value is -4.55. The van der Waals surface area contributed by atoms with Crippen molar-refractivity contribution in [3.8, 4) is 22.6 Å². The fraction of sp³-hybridized carbons (Fsp3) is 0.182. The molecule has 0 unspecified atom stereocenters. The van der Waals surface area contributed by atoms with Gasteiger partial charge in [-0.05, 0) is 78.4 Å². The molecular formula is C33H32N2O4. The van der Waals surface area contributed by atoms with Gasteiger partial charge in [0, 0.05) is 28.4 Å². The van der Waals surface area contributed by atoms with Crippen molar-refractivity contribution >= 4 is 22.3 Å². The molecule has 6 heteroatoms. The van der Waals surface area contributed by atoms with Crippen LogP contribution in [-0.2, 0) is 6.42 Å². The second-order valence-corrected chi connectivity index (χ2v) is 9.65. The van der Waals surface area contributed by atoms with Gasteiger partial charge in [0.15, 0.2) is 0 Å². The van der Waals surface area contributed by atoms with Gasteiger partial charge in [-0.15, -0.1) is 0 Å². The molecule has 0 aliphatic heterocycles. The molecule has 0 bridgehead atoms. The number of aromatic hydroxyl groups is 1. The van der Waals surface area contributed by atoms with Gasteiger partial charge in [0.2, 0.25) is 5.56 Å². The summed E-state index contributed by atoms with van der Waals surface area (Å²) in [6.07, 6.45) is 2.63. The third-order valence-electron chi connectivity index (χ3n) is 6.99. The first-order valence-corrected chi connectivity index (χ1v) is 13.1. The minimum atomic E-state index is -0.671. The monoisotopic (exact) mass is 520 g/mol. The number of hydrogen-bond donors (Lipinski definition) is 4. The number of ether oxygens (including phenoxy) is 1. The van der Waals surface area contributed by atoms with E-state index in [-0.39, 0.29) is 11.3 Å². The third-order valence-corrected chi connectivity index (χ3v) is 6.99. The summed E-state index contributed by atoms with van der Waals surface area (Å²) in [4.78, 5) is 14.3. The molecule has 0 radical (unpaired) electrons. The second-order valence-electron chi connectivity index (χ2n) is 9.65. The average molecular weight is 521 g/mol. The Morgan fingerprint density at radius 1 is 0.872 bits per heavy atom. The van der Waals surface area contributed by atoms with E-state index in [0.29, 0.717) is 22.9 Å². The lowest BCUT2D eigenvalue weighted by atomic mass is 9.97. The van der Waals surface area contributed by atoms with Crippen LogP contribution in [0.25, 0.3) is 22.0 Å².